The maximum atomic E-state index is 12.7. The van der Waals surface area contributed by atoms with Crippen molar-refractivity contribution in [3.63, 3.8) is 0 Å². The minimum Gasteiger partial charge on any atom is -0.462 e. The largest absolute Gasteiger partial charge is 0.462 e. The molecule has 0 N–H and O–H groups in total. The van der Waals surface area contributed by atoms with Gasteiger partial charge >= 0.3 is 17.9 Å². The van der Waals surface area contributed by atoms with Crippen molar-refractivity contribution >= 4 is 17.9 Å². The van der Waals surface area contributed by atoms with Crippen molar-refractivity contribution in [2.24, 2.45) is 0 Å². The van der Waals surface area contributed by atoms with E-state index in [9.17, 15) is 14.4 Å². The first-order valence-corrected chi connectivity index (χ1v) is 25.1. The average molecular weight is 827 g/mol. The number of rotatable bonds is 45. The smallest absolute Gasteiger partial charge is 0.306 e. The van der Waals surface area contributed by atoms with Gasteiger partial charge in [0, 0.05) is 19.3 Å². The van der Waals surface area contributed by atoms with Crippen LogP contribution in [0.4, 0.5) is 0 Å². The summed E-state index contributed by atoms with van der Waals surface area (Å²) in [6, 6.07) is 0. The standard InChI is InChI=1S/C53H94O6/c1-4-7-10-13-15-17-19-21-23-25-27-29-31-33-35-37-40-43-46-52(55)58-49-50(48-57-51(54)45-42-39-12-9-6-3)59-53(56)47-44-41-38-36-34-32-30-28-26-24-22-20-18-16-14-11-8-5-2/h17-20,23-26,50H,4-16,21-22,27-49H2,1-3H3/b19-17-,20-18-,25-23-,26-24-. The molecule has 342 valence electrons. The van der Waals surface area contributed by atoms with Gasteiger partial charge in [0.15, 0.2) is 6.10 Å². The van der Waals surface area contributed by atoms with Gasteiger partial charge in [-0.25, -0.2) is 0 Å². The molecule has 0 bridgehead atoms. The van der Waals surface area contributed by atoms with E-state index in [2.05, 4.69) is 69.4 Å². The van der Waals surface area contributed by atoms with Gasteiger partial charge < -0.3 is 14.2 Å². The Morgan fingerprint density at radius 3 is 0.949 bits per heavy atom. The highest BCUT2D eigenvalue weighted by Crippen LogP contribution is 2.14. The van der Waals surface area contributed by atoms with Crippen LogP contribution < -0.4 is 0 Å². The second-order valence-electron chi connectivity index (χ2n) is 16.7. The molecule has 6 nitrogen and oxygen atoms in total. The first-order valence-electron chi connectivity index (χ1n) is 25.1. The third-order valence-electron chi connectivity index (χ3n) is 10.8. The van der Waals surface area contributed by atoms with Gasteiger partial charge in [-0.1, -0.05) is 198 Å². The average Bonchev–Trinajstić information content (AvgIpc) is 3.23. The molecule has 6 heteroatoms. The van der Waals surface area contributed by atoms with Crippen molar-refractivity contribution in [1.29, 1.82) is 0 Å². The summed E-state index contributed by atoms with van der Waals surface area (Å²) in [4.78, 5) is 37.6. The lowest BCUT2D eigenvalue weighted by Gasteiger charge is -2.18. The fraction of sp³-hybridized carbons (Fsp3) is 0.792. The van der Waals surface area contributed by atoms with Crippen LogP contribution in [0.15, 0.2) is 48.6 Å². The Bertz CT molecular complexity index is 1040. The zero-order valence-corrected chi connectivity index (χ0v) is 39.0. The highest BCUT2D eigenvalue weighted by atomic mass is 16.6. The minimum atomic E-state index is -0.775. The maximum absolute atomic E-state index is 12.7. The third-order valence-corrected chi connectivity index (χ3v) is 10.8. The van der Waals surface area contributed by atoms with Crippen LogP contribution in [0.25, 0.3) is 0 Å². The molecule has 0 aromatic carbocycles. The fourth-order valence-corrected chi connectivity index (χ4v) is 6.97. The molecule has 0 aromatic heterocycles. The normalized spacial score (nSPS) is 12.4. The Labute approximate surface area is 365 Å². The van der Waals surface area contributed by atoms with Crippen LogP contribution in [-0.2, 0) is 28.6 Å². The summed E-state index contributed by atoms with van der Waals surface area (Å²) >= 11 is 0. The Hall–Kier alpha value is -2.63. The minimum absolute atomic E-state index is 0.0795. The molecular weight excluding hydrogens is 733 g/mol. The Balaban J connectivity index is 4.20. The lowest BCUT2D eigenvalue weighted by Crippen LogP contribution is -2.30. The van der Waals surface area contributed by atoms with E-state index < -0.39 is 6.10 Å². The van der Waals surface area contributed by atoms with Crippen LogP contribution in [0.3, 0.4) is 0 Å². The van der Waals surface area contributed by atoms with Crippen LogP contribution >= 0.6 is 0 Å². The molecule has 59 heavy (non-hydrogen) atoms. The Morgan fingerprint density at radius 1 is 0.339 bits per heavy atom. The number of esters is 3. The van der Waals surface area contributed by atoms with E-state index >= 15 is 0 Å². The summed E-state index contributed by atoms with van der Waals surface area (Å²) in [5.41, 5.74) is 0. The van der Waals surface area contributed by atoms with Gasteiger partial charge in [-0.2, -0.15) is 0 Å². The van der Waals surface area contributed by atoms with Crippen LogP contribution in [0.5, 0.6) is 0 Å². The zero-order valence-electron chi connectivity index (χ0n) is 39.0. The summed E-state index contributed by atoms with van der Waals surface area (Å²) in [5.74, 6) is -0.905. The highest BCUT2D eigenvalue weighted by molar-refractivity contribution is 5.71. The third kappa shape index (κ3) is 46.3. The molecule has 0 saturated heterocycles. The number of carbonyl (C=O) groups excluding carboxylic acids is 3. The predicted molar refractivity (Wildman–Crippen MR) is 252 cm³/mol. The van der Waals surface area contributed by atoms with Crippen LogP contribution in [-0.4, -0.2) is 37.2 Å². The highest BCUT2D eigenvalue weighted by Gasteiger charge is 2.19. The van der Waals surface area contributed by atoms with Gasteiger partial charge in [0.1, 0.15) is 13.2 Å². The van der Waals surface area contributed by atoms with E-state index in [1.54, 1.807) is 0 Å². The molecule has 0 spiro atoms. The first kappa shape index (κ1) is 56.4. The van der Waals surface area contributed by atoms with E-state index in [-0.39, 0.29) is 31.1 Å². The SMILES string of the molecule is CCCCCC/C=C\C/C=C\CCCCCCCCCC(=O)OCC(COC(=O)CCCCCCC)OC(=O)CCCCCCCCC/C=C\C/C=C\CCCCCC. The van der Waals surface area contributed by atoms with Crippen LogP contribution in [0, 0.1) is 0 Å². The number of unbranched alkanes of at least 4 members (excludes halogenated alkanes) is 26. The predicted octanol–water partition coefficient (Wildman–Crippen LogP) is 16.3. The zero-order chi connectivity index (χ0) is 43.0. The molecule has 0 aliphatic rings. The summed E-state index contributed by atoms with van der Waals surface area (Å²) < 4.78 is 16.7. The fourth-order valence-electron chi connectivity index (χ4n) is 6.97. The maximum Gasteiger partial charge on any atom is 0.306 e. The first-order chi connectivity index (χ1) is 29.0. The number of hydrogen-bond donors (Lipinski definition) is 0. The van der Waals surface area contributed by atoms with Gasteiger partial charge in [0.2, 0.25) is 0 Å². The summed E-state index contributed by atoms with van der Waals surface area (Å²) in [7, 11) is 0. The van der Waals surface area contributed by atoms with Gasteiger partial charge in [0.25, 0.3) is 0 Å². The van der Waals surface area contributed by atoms with E-state index in [4.69, 9.17) is 14.2 Å². The van der Waals surface area contributed by atoms with E-state index in [0.29, 0.717) is 19.3 Å². The van der Waals surface area contributed by atoms with E-state index in [1.807, 2.05) is 0 Å². The number of ether oxygens (including phenoxy) is 3. The monoisotopic (exact) mass is 827 g/mol. The molecule has 0 fully saturated rings. The Kier molecular flexibility index (Phi) is 45.9. The van der Waals surface area contributed by atoms with Crippen molar-refractivity contribution in [3.8, 4) is 0 Å². The second-order valence-corrected chi connectivity index (χ2v) is 16.7. The summed E-state index contributed by atoms with van der Waals surface area (Å²) in [5, 5.41) is 0. The molecular formula is C53H94O6. The van der Waals surface area contributed by atoms with Gasteiger partial charge in [-0.3, -0.25) is 14.4 Å². The molecule has 0 amide bonds. The van der Waals surface area contributed by atoms with Crippen molar-refractivity contribution in [3.05, 3.63) is 48.6 Å². The quantitative estimate of drug-likeness (QED) is 0.0263. The molecule has 0 aliphatic carbocycles. The molecule has 0 heterocycles. The lowest BCUT2D eigenvalue weighted by molar-refractivity contribution is -0.167. The molecule has 1 unspecified atom stereocenters. The van der Waals surface area contributed by atoms with Crippen molar-refractivity contribution in [2.75, 3.05) is 13.2 Å². The Morgan fingerprint density at radius 2 is 0.610 bits per heavy atom. The van der Waals surface area contributed by atoms with E-state index in [1.165, 1.54) is 122 Å². The topological polar surface area (TPSA) is 78.9 Å². The summed E-state index contributed by atoms with van der Waals surface area (Å²) in [6.07, 6.45) is 56.9. The molecule has 0 saturated carbocycles. The van der Waals surface area contributed by atoms with Crippen molar-refractivity contribution in [1.82, 2.24) is 0 Å². The van der Waals surface area contributed by atoms with Gasteiger partial charge in [-0.05, 0) is 83.5 Å². The molecule has 0 aromatic rings. The number of hydrogen-bond acceptors (Lipinski definition) is 6. The molecule has 0 aliphatic heterocycles. The van der Waals surface area contributed by atoms with E-state index in [0.717, 1.165) is 89.9 Å². The van der Waals surface area contributed by atoms with Crippen LogP contribution in [0.1, 0.15) is 252 Å². The van der Waals surface area contributed by atoms with Gasteiger partial charge in [-0.15, -0.1) is 0 Å². The van der Waals surface area contributed by atoms with Gasteiger partial charge in [0.05, 0.1) is 0 Å². The summed E-state index contributed by atoms with van der Waals surface area (Å²) in [6.45, 7) is 6.51. The van der Waals surface area contributed by atoms with Crippen LogP contribution in [0.2, 0.25) is 0 Å². The second kappa shape index (κ2) is 48.0. The molecule has 1 atom stereocenters. The van der Waals surface area contributed by atoms with Crippen molar-refractivity contribution < 1.29 is 28.6 Å². The number of allylic oxidation sites excluding steroid dienone is 8. The molecule has 0 radical (unpaired) electrons. The molecule has 0 rings (SSSR count). The lowest BCUT2D eigenvalue weighted by atomic mass is 10.1. The number of carbonyl (C=O) groups is 3. The van der Waals surface area contributed by atoms with Crippen molar-refractivity contribution in [2.45, 2.75) is 258 Å².